The molecule has 1 unspecified atom stereocenters. The van der Waals surface area contributed by atoms with Gasteiger partial charge in [-0.1, -0.05) is 19.0 Å². The minimum Gasteiger partial charge on any atom is -0.381 e. The maximum Gasteiger partial charge on any atom is 0.244 e. The van der Waals surface area contributed by atoms with Crippen LogP contribution in [0.3, 0.4) is 0 Å². The molecule has 7 heteroatoms. The highest BCUT2D eigenvalue weighted by molar-refractivity contribution is 5.73. The van der Waals surface area contributed by atoms with Crippen LogP contribution < -0.4 is 10.6 Å². The lowest BCUT2D eigenvalue weighted by molar-refractivity contribution is -0.119. The number of aromatic nitrogens is 2. The van der Waals surface area contributed by atoms with Gasteiger partial charge in [-0.15, -0.1) is 0 Å². The summed E-state index contributed by atoms with van der Waals surface area (Å²) in [6, 6.07) is 0.812. The quantitative estimate of drug-likeness (QED) is 0.807. The van der Waals surface area contributed by atoms with Crippen molar-refractivity contribution in [1.29, 1.82) is 0 Å². The summed E-state index contributed by atoms with van der Waals surface area (Å²) in [4.78, 5) is 15.9. The van der Waals surface area contributed by atoms with E-state index in [2.05, 4.69) is 34.6 Å². The third kappa shape index (κ3) is 5.04. The minimum absolute atomic E-state index is 0.0635. The zero-order valence-corrected chi connectivity index (χ0v) is 16.2. The second-order valence-corrected chi connectivity index (χ2v) is 7.99. The summed E-state index contributed by atoms with van der Waals surface area (Å²) in [5.41, 5.74) is 0. The van der Waals surface area contributed by atoms with Gasteiger partial charge in [-0.25, -0.2) is 0 Å². The molecule has 1 saturated carbocycles. The molecule has 2 N–H and O–H groups in total. The van der Waals surface area contributed by atoms with E-state index >= 15 is 0 Å². The highest BCUT2D eigenvalue weighted by Gasteiger charge is 2.33. The van der Waals surface area contributed by atoms with Crippen LogP contribution in [0, 0.1) is 5.92 Å². The first-order chi connectivity index (χ1) is 12.5. The first-order valence-corrected chi connectivity index (χ1v) is 9.97. The molecular formula is C19H32N4O3. The van der Waals surface area contributed by atoms with Crippen LogP contribution in [-0.4, -0.2) is 41.3 Å². The van der Waals surface area contributed by atoms with Crippen molar-refractivity contribution in [3.8, 4) is 0 Å². The van der Waals surface area contributed by atoms with E-state index in [1.807, 2.05) is 0 Å². The number of rotatable bonds is 6. The Bertz CT molecular complexity index is 575. The Morgan fingerprint density at radius 3 is 2.31 bits per heavy atom. The third-order valence-corrected chi connectivity index (χ3v) is 5.53. The maximum absolute atomic E-state index is 11.3. The average molecular weight is 364 g/mol. The van der Waals surface area contributed by atoms with Gasteiger partial charge in [0.1, 0.15) is 0 Å². The lowest BCUT2D eigenvalue weighted by atomic mass is 9.87. The monoisotopic (exact) mass is 364 g/mol. The van der Waals surface area contributed by atoms with Crippen molar-refractivity contribution in [3.05, 3.63) is 11.7 Å². The number of carbonyl (C=O) groups is 1. The van der Waals surface area contributed by atoms with E-state index in [9.17, 15) is 4.79 Å². The van der Waals surface area contributed by atoms with E-state index < -0.39 is 0 Å². The summed E-state index contributed by atoms with van der Waals surface area (Å²) in [5.74, 6) is 2.26. The zero-order valence-electron chi connectivity index (χ0n) is 16.2. The molecule has 3 rings (SSSR count). The SMILES string of the molecule is CC(=O)NC1CCC(NC(c2nc(C(C)C)no2)C2CCOCC2)CC1. The van der Waals surface area contributed by atoms with Gasteiger partial charge < -0.3 is 19.9 Å². The normalized spacial score (nSPS) is 26.0. The highest BCUT2D eigenvalue weighted by Crippen LogP contribution is 2.32. The molecule has 1 aromatic rings. The van der Waals surface area contributed by atoms with E-state index in [-0.39, 0.29) is 17.9 Å². The van der Waals surface area contributed by atoms with Crippen molar-refractivity contribution in [2.45, 2.75) is 83.3 Å². The molecule has 26 heavy (non-hydrogen) atoms. The van der Waals surface area contributed by atoms with E-state index in [0.29, 0.717) is 23.9 Å². The second kappa shape index (κ2) is 8.95. The predicted octanol–water partition coefficient (Wildman–Crippen LogP) is 2.70. The van der Waals surface area contributed by atoms with Gasteiger partial charge in [0.25, 0.3) is 0 Å². The molecule has 2 fully saturated rings. The molecule has 146 valence electrons. The Balaban J connectivity index is 1.65. The van der Waals surface area contributed by atoms with Crippen LogP contribution in [0.1, 0.15) is 83.0 Å². The highest BCUT2D eigenvalue weighted by atomic mass is 16.5. The molecule has 0 bridgehead atoms. The van der Waals surface area contributed by atoms with Crippen LogP contribution in [0.5, 0.6) is 0 Å². The van der Waals surface area contributed by atoms with Crippen molar-refractivity contribution in [2.24, 2.45) is 5.92 Å². The smallest absolute Gasteiger partial charge is 0.244 e. The fraction of sp³-hybridized carbons (Fsp3) is 0.842. The standard InChI is InChI=1S/C19H32N4O3/c1-12(2)18-22-19(26-23-18)17(14-8-10-25-11-9-14)21-16-6-4-15(5-7-16)20-13(3)24/h12,14-17,21H,4-11H2,1-3H3,(H,20,24). The summed E-state index contributed by atoms with van der Waals surface area (Å²) in [7, 11) is 0. The largest absolute Gasteiger partial charge is 0.381 e. The van der Waals surface area contributed by atoms with Gasteiger partial charge in [-0.3, -0.25) is 4.79 Å². The number of hydrogen-bond donors (Lipinski definition) is 2. The van der Waals surface area contributed by atoms with Crippen molar-refractivity contribution in [3.63, 3.8) is 0 Å². The number of nitrogens with one attached hydrogen (secondary N) is 2. The number of ether oxygens (including phenoxy) is 1. The van der Waals surface area contributed by atoms with Gasteiger partial charge in [0.2, 0.25) is 11.8 Å². The molecule has 0 radical (unpaired) electrons. The van der Waals surface area contributed by atoms with Gasteiger partial charge in [0, 0.05) is 38.1 Å². The summed E-state index contributed by atoms with van der Waals surface area (Å²) in [6.45, 7) is 7.34. The number of amides is 1. The Kier molecular flexibility index (Phi) is 6.64. The topological polar surface area (TPSA) is 89.3 Å². The van der Waals surface area contributed by atoms with Crippen molar-refractivity contribution < 1.29 is 14.1 Å². The molecule has 1 aliphatic carbocycles. The molecule has 0 aromatic carbocycles. The lowest BCUT2D eigenvalue weighted by Gasteiger charge is -2.35. The molecule has 1 aliphatic heterocycles. The summed E-state index contributed by atoms with van der Waals surface area (Å²) in [5, 5.41) is 11.0. The predicted molar refractivity (Wildman–Crippen MR) is 97.7 cm³/mol. The molecule has 1 atom stereocenters. The zero-order chi connectivity index (χ0) is 18.5. The van der Waals surface area contributed by atoms with Crippen LogP contribution in [0.2, 0.25) is 0 Å². The average Bonchev–Trinajstić information content (AvgIpc) is 3.11. The van der Waals surface area contributed by atoms with E-state index in [1.165, 1.54) is 0 Å². The van der Waals surface area contributed by atoms with Gasteiger partial charge in [-0.2, -0.15) is 4.98 Å². The Morgan fingerprint density at radius 2 is 1.73 bits per heavy atom. The molecule has 1 aromatic heterocycles. The van der Waals surface area contributed by atoms with Crippen LogP contribution in [0.4, 0.5) is 0 Å². The van der Waals surface area contributed by atoms with Crippen LogP contribution in [0.15, 0.2) is 4.52 Å². The number of carbonyl (C=O) groups excluding carboxylic acids is 1. The Labute approximate surface area is 155 Å². The second-order valence-electron chi connectivity index (χ2n) is 7.99. The molecule has 1 amide bonds. The van der Waals surface area contributed by atoms with Crippen molar-refractivity contribution >= 4 is 5.91 Å². The number of hydrogen-bond acceptors (Lipinski definition) is 6. The van der Waals surface area contributed by atoms with Gasteiger partial charge in [0.05, 0.1) is 6.04 Å². The van der Waals surface area contributed by atoms with Gasteiger partial charge in [-0.05, 0) is 44.4 Å². The lowest BCUT2D eigenvalue weighted by Crippen LogP contribution is -2.44. The molecule has 0 spiro atoms. The van der Waals surface area contributed by atoms with Crippen molar-refractivity contribution in [1.82, 2.24) is 20.8 Å². The maximum atomic E-state index is 11.3. The molecule has 1 saturated heterocycles. The Morgan fingerprint density at radius 1 is 1.08 bits per heavy atom. The van der Waals surface area contributed by atoms with Gasteiger partial charge >= 0.3 is 0 Å². The summed E-state index contributed by atoms with van der Waals surface area (Å²) < 4.78 is 11.2. The number of nitrogens with zero attached hydrogens (tertiary/aromatic N) is 2. The molecule has 2 aliphatic rings. The van der Waals surface area contributed by atoms with Crippen molar-refractivity contribution in [2.75, 3.05) is 13.2 Å². The van der Waals surface area contributed by atoms with Gasteiger partial charge in [0.15, 0.2) is 5.82 Å². The first kappa shape index (κ1) is 19.3. The molecular weight excluding hydrogens is 332 g/mol. The molecule has 2 heterocycles. The van der Waals surface area contributed by atoms with Crippen LogP contribution >= 0.6 is 0 Å². The van der Waals surface area contributed by atoms with E-state index in [0.717, 1.165) is 57.6 Å². The van der Waals surface area contributed by atoms with E-state index in [4.69, 9.17) is 9.26 Å². The fourth-order valence-electron chi connectivity index (χ4n) is 4.01. The van der Waals surface area contributed by atoms with Crippen LogP contribution in [0.25, 0.3) is 0 Å². The van der Waals surface area contributed by atoms with Crippen LogP contribution in [-0.2, 0) is 9.53 Å². The first-order valence-electron chi connectivity index (χ1n) is 9.97. The summed E-state index contributed by atoms with van der Waals surface area (Å²) >= 11 is 0. The molecule has 7 nitrogen and oxygen atoms in total. The fourth-order valence-corrected chi connectivity index (χ4v) is 4.01. The Hall–Kier alpha value is -1.47. The van der Waals surface area contributed by atoms with E-state index in [1.54, 1.807) is 6.92 Å². The summed E-state index contributed by atoms with van der Waals surface area (Å²) in [6.07, 6.45) is 6.15. The minimum atomic E-state index is 0.0635. The third-order valence-electron chi connectivity index (χ3n) is 5.53.